The minimum absolute atomic E-state index is 0.710. The lowest BCUT2D eigenvalue weighted by molar-refractivity contribution is 0.177. The van der Waals surface area contributed by atoms with E-state index >= 15 is 0 Å². The minimum Gasteiger partial charge on any atom is -0.378 e. The van der Waals surface area contributed by atoms with Crippen LogP contribution in [0, 0.1) is 0 Å². The maximum absolute atomic E-state index is 5.21. The average molecular weight is 180 g/mol. The Balaban J connectivity index is 3.84. The van der Waals surface area contributed by atoms with Crippen molar-refractivity contribution in [3.8, 4) is 0 Å². The van der Waals surface area contributed by atoms with Gasteiger partial charge in [0.15, 0.2) is 0 Å². The van der Waals surface area contributed by atoms with Crippen molar-refractivity contribution in [1.29, 1.82) is 0 Å². The Labute approximate surface area is 81.8 Å². The molecule has 0 aliphatic heterocycles. The summed E-state index contributed by atoms with van der Waals surface area (Å²) in [5.74, 6) is 0. The van der Waals surface area contributed by atoms with Crippen LogP contribution < -0.4 is 0 Å². The van der Waals surface area contributed by atoms with Crippen molar-refractivity contribution in [3.05, 3.63) is 35.5 Å². The maximum atomic E-state index is 5.21. The second-order valence-corrected chi connectivity index (χ2v) is 3.21. The molecule has 0 N–H and O–H groups in total. The summed E-state index contributed by atoms with van der Waals surface area (Å²) in [4.78, 5) is 0. The molecule has 0 unspecified atom stereocenters. The van der Waals surface area contributed by atoms with Crippen LogP contribution in [0.1, 0.15) is 27.7 Å². The zero-order chi connectivity index (χ0) is 10.1. The van der Waals surface area contributed by atoms with Gasteiger partial charge in [-0.25, -0.2) is 0 Å². The summed E-state index contributed by atoms with van der Waals surface area (Å²) in [6.07, 6.45) is 8.33. The fraction of sp³-hybridized carbons (Fsp3) is 0.500. The third-order valence-electron chi connectivity index (χ3n) is 1.52. The number of hydrogen-bond acceptors (Lipinski definition) is 1. The van der Waals surface area contributed by atoms with Crippen molar-refractivity contribution in [2.24, 2.45) is 0 Å². The molecule has 1 nitrogen and oxygen atoms in total. The Kier molecular flexibility index (Phi) is 7.32. The summed E-state index contributed by atoms with van der Waals surface area (Å²) in [5, 5.41) is 0. The highest BCUT2D eigenvalue weighted by atomic mass is 16.5. The molecule has 0 bridgehead atoms. The standard InChI is InChI=1S/C12H20O/c1-5-13-10-9-12(4)8-6-7-11(2)3/h6-9H,5,10H2,1-4H3/b8-6+,12-9+. The van der Waals surface area contributed by atoms with Crippen molar-refractivity contribution >= 4 is 0 Å². The van der Waals surface area contributed by atoms with Gasteiger partial charge in [-0.05, 0) is 27.7 Å². The molecule has 0 aliphatic rings. The average Bonchev–Trinajstić information content (AvgIpc) is 2.04. The van der Waals surface area contributed by atoms with Crippen molar-refractivity contribution in [1.82, 2.24) is 0 Å². The Morgan fingerprint density at radius 3 is 2.46 bits per heavy atom. The predicted molar refractivity (Wildman–Crippen MR) is 58.8 cm³/mol. The van der Waals surface area contributed by atoms with Crippen LogP contribution >= 0.6 is 0 Å². The summed E-state index contributed by atoms with van der Waals surface area (Å²) in [6, 6.07) is 0. The summed E-state index contributed by atoms with van der Waals surface area (Å²) < 4.78 is 5.21. The van der Waals surface area contributed by atoms with Gasteiger partial charge >= 0.3 is 0 Å². The van der Waals surface area contributed by atoms with Crippen LogP contribution in [0.15, 0.2) is 35.5 Å². The SMILES string of the molecule is CCOC/C=C(C)/C=C/C=C(C)C. The van der Waals surface area contributed by atoms with Crippen molar-refractivity contribution in [2.45, 2.75) is 27.7 Å². The van der Waals surface area contributed by atoms with E-state index in [2.05, 4.69) is 45.1 Å². The molecule has 0 aliphatic carbocycles. The van der Waals surface area contributed by atoms with Crippen LogP contribution in [0.2, 0.25) is 0 Å². The van der Waals surface area contributed by atoms with Crippen LogP contribution in [0.5, 0.6) is 0 Å². The summed E-state index contributed by atoms with van der Waals surface area (Å²) in [5.41, 5.74) is 2.56. The first-order valence-electron chi connectivity index (χ1n) is 4.73. The lowest BCUT2D eigenvalue weighted by Crippen LogP contribution is -1.89. The van der Waals surface area contributed by atoms with E-state index in [0.717, 1.165) is 6.61 Å². The molecule has 0 fully saturated rings. The van der Waals surface area contributed by atoms with E-state index < -0.39 is 0 Å². The summed E-state index contributed by atoms with van der Waals surface area (Å²) >= 11 is 0. The van der Waals surface area contributed by atoms with E-state index in [4.69, 9.17) is 4.74 Å². The molecule has 0 saturated heterocycles. The monoisotopic (exact) mass is 180 g/mol. The lowest BCUT2D eigenvalue weighted by Gasteiger charge is -1.94. The largest absolute Gasteiger partial charge is 0.378 e. The van der Waals surface area contributed by atoms with Crippen LogP contribution in [-0.2, 0) is 4.74 Å². The van der Waals surface area contributed by atoms with E-state index in [-0.39, 0.29) is 0 Å². The Morgan fingerprint density at radius 1 is 1.23 bits per heavy atom. The van der Waals surface area contributed by atoms with Crippen molar-refractivity contribution < 1.29 is 4.74 Å². The first-order valence-corrected chi connectivity index (χ1v) is 4.73. The fourth-order valence-corrected chi connectivity index (χ4v) is 0.769. The molecule has 0 aromatic carbocycles. The predicted octanol–water partition coefficient (Wildman–Crippen LogP) is 3.49. The van der Waals surface area contributed by atoms with E-state index in [9.17, 15) is 0 Å². The van der Waals surface area contributed by atoms with E-state index in [1.54, 1.807) is 0 Å². The number of rotatable bonds is 5. The summed E-state index contributed by atoms with van der Waals surface area (Å²) in [6.45, 7) is 9.74. The van der Waals surface area contributed by atoms with Gasteiger partial charge in [-0.3, -0.25) is 0 Å². The van der Waals surface area contributed by atoms with E-state index in [0.29, 0.717) is 6.61 Å². The molecule has 0 saturated carbocycles. The van der Waals surface area contributed by atoms with Crippen LogP contribution in [0.25, 0.3) is 0 Å². The van der Waals surface area contributed by atoms with Crippen LogP contribution in [0.4, 0.5) is 0 Å². The van der Waals surface area contributed by atoms with E-state index in [1.807, 2.05) is 6.92 Å². The van der Waals surface area contributed by atoms with Crippen LogP contribution in [0.3, 0.4) is 0 Å². The first-order chi connectivity index (χ1) is 6.16. The quantitative estimate of drug-likeness (QED) is 0.465. The Bertz CT molecular complexity index is 205. The molecular weight excluding hydrogens is 160 g/mol. The molecule has 0 spiro atoms. The molecular formula is C12H20O. The molecule has 74 valence electrons. The topological polar surface area (TPSA) is 9.23 Å². The molecule has 13 heavy (non-hydrogen) atoms. The van der Waals surface area contributed by atoms with E-state index in [1.165, 1.54) is 11.1 Å². The molecule has 1 heteroatoms. The van der Waals surface area contributed by atoms with Gasteiger partial charge in [0, 0.05) is 6.61 Å². The molecule has 0 aromatic rings. The second kappa shape index (κ2) is 7.81. The van der Waals surface area contributed by atoms with Gasteiger partial charge in [-0.2, -0.15) is 0 Å². The number of allylic oxidation sites excluding steroid dienone is 5. The molecule has 0 atom stereocenters. The zero-order valence-electron chi connectivity index (χ0n) is 9.13. The van der Waals surface area contributed by atoms with Gasteiger partial charge in [-0.15, -0.1) is 0 Å². The number of ether oxygens (including phenoxy) is 1. The van der Waals surface area contributed by atoms with Crippen molar-refractivity contribution in [3.63, 3.8) is 0 Å². The van der Waals surface area contributed by atoms with Gasteiger partial charge in [0.05, 0.1) is 6.61 Å². The molecule has 0 aromatic heterocycles. The van der Waals surface area contributed by atoms with Gasteiger partial charge < -0.3 is 4.74 Å². The highest BCUT2D eigenvalue weighted by Crippen LogP contribution is 1.97. The fourth-order valence-electron chi connectivity index (χ4n) is 0.769. The minimum atomic E-state index is 0.710. The molecule has 0 radical (unpaired) electrons. The lowest BCUT2D eigenvalue weighted by atomic mass is 10.2. The third kappa shape index (κ3) is 9.09. The first kappa shape index (κ1) is 12.2. The van der Waals surface area contributed by atoms with Crippen molar-refractivity contribution in [2.75, 3.05) is 13.2 Å². The third-order valence-corrected chi connectivity index (χ3v) is 1.52. The maximum Gasteiger partial charge on any atom is 0.0652 e. The van der Waals surface area contributed by atoms with Gasteiger partial charge in [0.1, 0.15) is 0 Å². The highest BCUT2D eigenvalue weighted by Gasteiger charge is 1.81. The van der Waals surface area contributed by atoms with Crippen LogP contribution in [-0.4, -0.2) is 13.2 Å². The smallest absolute Gasteiger partial charge is 0.0652 e. The normalized spacial score (nSPS) is 12.2. The Hall–Kier alpha value is -0.820. The molecule has 0 amide bonds. The van der Waals surface area contributed by atoms with Gasteiger partial charge in [0.2, 0.25) is 0 Å². The van der Waals surface area contributed by atoms with Gasteiger partial charge in [-0.1, -0.05) is 35.5 Å². The summed E-state index contributed by atoms with van der Waals surface area (Å²) in [7, 11) is 0. The highest BCUT2D eigenvalue weighted by molar-refractivity contribution is 5.21. The molecule has 0 rings (SSSR count). The molecule has 0 heterocycles. The van der Waals surface area contributed by atoms with Gasteiger partial charge in [0.25, 0.3) is 0 Å². The zero-order valence-corrected chi connectivity index (χ0v) is 9.13. The Morgan fingerprint density at radius 2 is 1.92 bits per heavy atom. The number of hydrogen-bond donors (Lipinski definition) is 0. The second-order valence-electron chi connectivity index (χ2n) is 3.21.